The minimum atomic E-state index is -1.09. The van der Waals surface area contributed by atoms with Crippen LogP contribution in [0, 0.1) is 24.0 Å². The minimum absolute atomic E-state index is 0.0635. The number of aromatic carboxylic acids is 1. The van der Waals surface area contributed by atoms with E-state index in [9.17, 15) is 19.7 Å². The van der Waals surface area contributed by atoms with Crippen LogP contribution in [0.15, 0.2) is 59.0 Å². The maximum Gasteiger partial charge on any atom is 0.335 e. The Kier molecular flexibility index (Phi) is 5.78. The maximum absolute atomic E-state index is 12.2. The lowest BCUT2D eigenvalue weighted by atomic mass is 10.1. The van der Waals surface area contributed by atoms with Crippen LogP contribution in [0.1, 0.15) is 27.2 Å². The van der Waals surface area contributed by atoms with Gasteiger partial charge in [0.25, 0.3) is 5.69 Å². The molecule has 3 rings (SSSR count). The van der Waals surface area contributed by atoms with Crippen molar-refractivity contribution < 1.29 is 24.0 Å². The van der Waals surface area contributed by atoms with Gasteiger partial charge in [-0.25, -0.2) is 4.79 Å². The molecule has 0 saturated carbocycles. The Morgan fingerprint density at radius 2 is 1.87 bits per heavy atom. The summed E-state index contributed by atoms with van der Waals surface area (Å²) in [5.74, 6) is -0.910. The normalized spacial score (nSPS) is 10.9. The molecule has 1 aromatic heterocycles. The monoisotopic (exact) mass is 406 g/mol. The van der Waals surface area contributed by atoms with Crippen LogP contribution < -0.4 is 5.32 Å². The second kappa shape index (κ2) is 8.44. The van der Waals surface area contributed by atoms with Crippen molar-refractivity contribution in [2.45, 2.75) is 13.8 Å². The summed E-state index contributed by atoms with van der Waals surface area (Å²) in [5, 5.41) is 23.0. The first-order chi connectivity index (χ1) is 14.2. The molecule has 8 nitrogen and oxygen atoms in total. The number of carbonyl (C=O) groups is 2. The molecule has 1 heterocycles. The lowest BCUT2D eigenvalue weighted by molar-refractivity contribution is -0.384. The van der Waals surface area contributed by atoms with E-state index in [1.165, 1.54) is 30.4 Å². The van der Waals surface area contributed by atoms with Crippen molar-refractivity contribution in [2.24, 2.45) is 0 Å². The van der Waals surface area contributed by atoms with Crippen molar-refractivity contribution in [1.82, 2.24) is 0 Å². The van der Waals surface area contributed by atoms with E-state index in [0.29, 0.717) is 28.3 Å². The number of furan rings is 1. The third kappa shape index (κ3) is 4.61. The number of nitrogens with one attached hydrogen (secondary N) is 1. The molecule has 0 aliphatic carbocycles. The van der Waals surface area contributed by atoms with Gasteiger partial charge in [0.1, 0.15) is 11.5 Å². The molecule has 0 unspecified atom stereocenters. The van der Waals surface area contributed by atoms with Gasteiger partial charge in [-0.15, -0.1) is 0 Å². The molecule has 1 amide bonds. The summed E-state index contributed by atoms with van der Waals surface area (Å²) in [4.78, 5) is 34.1. The second-order valence-electron chi connectivity index (χ2n) is 6.64. The molecule has 2 aromatic carbocycles. The van der Waals surface area contributed by atoms with Crippen molar-refractivity contribution in [3.63, 3.8) is 0 Å². The van der Waals surface area contributed by atoms with E-state index in [0.717, 1.165) is 5.56 Å². The lowest BCUT2D eigenvalue weighted by Crippen LogP contribution is -2.10. The van der Waals surface area contributed by atoms with Crippen LogP contribution in [-0.2, 0) is 4.79 Å². The molecule has 0 saturated heterocycles. The second-order valence-corrected chi connectivity index (χ2v) is 6.64. The fourth-order valence-electron chi connectivity index (χ4n) is 2.81. The van der Waals surface area contributed by atoms with Crippen LogP contribution in [0.25, 0.3) is 17.4 Å². The van der Waals surface area contributed by atoms with Gasteiger partial charge in [-0.3, -0.25) is 14.9 Å². The van der Waals surface area contributed by atoms with E-state index in [1.54, 1.807) is 44.2 Å². The average Bonchev–Trinajstić information content (AvgIpc) is 3.16. The molecule has 8 heteroatoms. The van der Waals surface area contributed by atoms with E-state index in [-0.39, 0.29) is 11.3 Å². The molecule has 30 heavy (non-hydrogen) atoms. The number of nitro benzene ring substituents is 1. The molecule has 0 fully saturated rings. The SMILES string of the molecule is Cc1ccc(-c2ccc(/C=C/C(=O)Nc3cc(C(=O)O)ccc3C)o2)c([N+](=O)[O-])c1. The van der Waals surface area contributed by atoms with Crippen LogP contribution in [0.4, 0.5) is 11.4 Å². The highest BCUT2D eigenvalue weighted by molar-refractivity contribution is 6.03. The highest BCUT2D eigenvalue weighted by atomic mass is 16.6. The Balaban J connectivity index is 1.77. The minimum Gasteiger partial charge on any atom is -0.478 e. The van der Waals surface area contributed by atoms with Gasteiger partial charge < -0.3 is 14.8 Å². The van der Waals surface area contributed by atoms with Crippen molar-refractivity contribution in [3.05, 3.63) is 87.2 Å². The van der Waals surface area contributed by atoms with Crippen LogP contribution in [0.5, 0.6) is 0 Å². The zero-order valence-corrected chi connectivity index (χ0v) is 16.2. The first kappa shape index (κ1) is 20.5. The number of amides is 1. The van der Waals surface area contributed by atoms with Gasteiger partial charge in [0.2, 0.25) is 5.91 Å². The third-order valence-corrected chi connectivity index (χ3v) is 4.38. The molecule has 0 aliphatic heterocycles. The predicted molar refractivity (Wildman–Crippen MR) is 111 cm³/mol. The van der Waals surface area contributed by atoms with Gasteiger partial charge in [0.05, 0.1) is 16.1 Å². The quantitative estimate of drug-likeness (QED) is 0.344. The maximum atomic E-state index is 12.2. The van der Waals surface area contributed by atoms with Gasteiger partial charge in [0, 0.05) is 17.8 Å². The number of benzene rings is 2. The number of hydrogen-bond acceptors (Lipinski definition) is 5. The van der Waals surface area contributed by atoms with Gasteiger partial charge in [-0.05, 0) is 61.4 Å². The Morgan fingerprint density at radius 3 is 2.57 bits per heavy atom. The highest BCUT2D eigenvalue weighted by Gasteiger charge is 2.18. The fraction of sp³-hybridized carbons (Fsp3) is 0.0909. The van der Waals surface area contributed by atoms with Crippen LogP contribution in [-0.4, -0.2) is 21.9 Å². The van der Waals surface area contributed by atoms with E-state index in [4.69, 9.17) is 9.52 Å². The smallest absolute Gasteiger partial charge is 0.335 e. The largest absolute Gasteiger partial charge is 0.478 e. The molecule has 0 radical (unpaired) electrons. The van der Waals surface area contributed by atoms with Crippen LogP contribution >= 0.6 is 0 Å². The number of aryl methyl sites for hydroxylation is 2. The topological polar surface area (TPSA) is 123 Å². The molecule has 2 N–H and O–H groups in total. The van der Waals surface area contributed by atoms with Gasteiger partial charge in [-0.2, -0.15) is 0 Å². The molecule has 152 valence electrons. The molecule has 0 bridgehead atoms. The standard InChI is InChI=1S/C22H18N2O6/c1-13-3-8-17(19(11-13)24(28)29)20-9-6-16(30-20)7-10-21(25)23-18-12-15(22(26)27)5-4-14(18)2/h3-12H,1-2H3,(H,23,25)(H,26,27)/b10-7+. The molecule has 0 aliphatic rings. The predicted octanol–water partition coefficient (Wildman–Crippen LogP) is 4.82. The first-order valence-corrected chi connectivity index (χ1v) is 8.93. The number of rotatable bonds is 6. The summed E-state index contributed by atoms with van der Waals surface area (Å²) in [6.07, 6.45) is 2.66. The van der Waals surface area contributed by atoms with Crippen LogP contribution in [0.3, 0.4) is 0 Å². The van der Waals surface area contributed by atoms with Crippen molar-refractivity contribution in [1.29, 1.82) is 0 Å². The van der Waals surface area contributed by atoms with Crippen molar-refractivity contribution >= 4 is 29.3 Å². The van der Waals surface area contributed by atoms with Gasteiger partial charge in [0.15, 0.2) is 0 Å². The summed E-state index contributed by atoms with van der Waals surface area (Å²) in [6, 6.07) is 12.5. The fourth-order valence-corrected chi connectivity index (χ4v) is 2.81. The number of nitrogens with zero attached hydrogens (tertiary/aromatic N) is 1. The van der Waals surface area contributed by atoms with E-state index in [1.807, 2.05) is 0 Å². The zero-order chi connectivity index (χ0) is 21.8. The highest BCUT2D eigenvalue weighted by Crippen LogP contribution is 2.32. The Hall–Kier alpha value is -4.20. The van der Waals surface area contributed by atoms with Gasteiger partial charge in [-0.1, -0.05) is 12.1 Å². The summed E-state index contributed by atoms with van der Waals surface area (Å²) in [7, 11) is 0. The summed E-state index contributed by atoms with van der Waals surface area (Å²) < 4.78 is 5.63. The van der Waals surface area contributed by atoms with E-state index < -0.39 is 16.8 Å². The molecule has 3 aromatic rings. The average molecular weight is 406 g/mol. The number of carbonyl (C=O) groups excluding carboxylic acids is 1. The first-order valence-electron chi connectivity index (χ1n) is 8.93. The van der Waals surface area contributed by atoms with E-state index >= 15 is 0 Å². The molecular weight excluding hydrogens is 388 g/mol. The Labute approximate surface area is 171 Å². The molecule has 0 atom stereocenters. The van der Waals surface area contributed by atoms with Crippen molar-refractivity contribution in [3.8, 4) is 11.3 Å². The summed E-state index contributed by atoms with van der Waals surface area (Å²) >= 11 is 0. The number of anilines is 1. The zero-order valence-electron chi connectivity index (χ0n) is 16.2. The lowest BCUT2D eigenvalue weighted by Gasteiger charge is -2.07. The number of nitro groups is 1. The Morgan fingerprint density at radius 1 is 1.10 bits per heavy atom. The number of carboxylic acid groups (broad SMARTS) is 1. The molecular formula is C22H18N2O6. The Bertz CT molecular complexity index is 1180. The number of carboxylic acids is 1. The van der Waals surface area contributed by atoms with Crippen molar-refractivity contribution in [2.75, 3.05) is 5.32 Å². The number of hydrogen-bond donors (Lipinski definition) is 2. The summed E-state index contributed by atoms with van der Waals surface area (Å²) in [5.41, 5.74) is 2.21. The molecule has 0 spiro atoms. The summed E-state index contributed by atoms with van der Waals surface area (Å²) in [6.45, 7) is 3.51. The van der Waals surface area contributed by atoms with E-state index in [2.05, 4.69) is 5.32 Å². The van der Waals surface area contributed by atoms with Crippen LogP contribution in [0.2, 0.25) is 0 Å². The van der Waals surface area contributed by atoms with Gasteiger partial charge >= 0.3 is 5.97 Å². The third-order valence-electron chi connectivity index (χ3n) is 4.38.